The molecule has 1 aliphatic rings. The van der Waals surface area contributed by atoms with Gasteiger partial charge < -0.3 is 4.90 Å². The van der Waals surface area contributed by atoms with Gasteiger partial charge in [-0.2, -0.15) is 0 Å². The third-order valence-corrected chi connectivity index (χ3v) is 1.52. The summed E-state index contributed by atoms with van der Waals surface area (Å²) in [4.78, 5) is 12.4. The fourth-order valence-electron chi connectivity index (χ4n) is 1.01. The Bertz CT molecular complexity index is 109. The van der Waals surface area contributed by atoms with Crippen molar-refractivity contribution in [3.05, 3.63) is 0 Å². The van der Waals surface area contributed by atoms with Crippen molar-refractivity contribution in [1.82, 2.24) is 10.3 Å². The molecule has 2 amide bonds. The third-order valence-electron chi connectivity index (χ3n) is 1.52. The van der Waals surface area contributed by atoms with Gasteiger partial charge in [0.1, 0.15) is 0 Å². The zero-order valence-corrected chi connectivity index (χ0v) is 5.26. The number of likely N-dealkylation sites (tertiary alicyclic amines) is 1. The first kappa shape index (κ1) is 6.35. The largest absolute Gasteiger partial charge is 0.331 e. The van der Waals surface area contributed by atoms with Crippen molar-refractivity contribution in [1.29, 1.82) is 0 Å². The summed E-state index contributed by atoms with van der Waals surface area (Å²) in [7, 11) is 0. The van der Waals surface area contributed by atoms with Gasteiger partial charge in [0.05, 0.1) is 0 Å². The molecule has 4 nitrogen and oxygen atoms in total. The van der Waals surface area contributed by atoms with Crippen molar-refractivity contribution in [2.75, 3.05) is 13.1 Å². The molecule has 9 heavy (non-hydrogen) atoms. The Morgan fingerprint density at radius 2 is 2.00 bits per heavy atom. The standard InChI is InChI=1S/C5H11N3O/c6-7-5(9)8-3-1-2-4-8/h1-4,6H2,(H,7,9). The van der Waals surface area contributed by atoms with Gasteiger partial charge in [0.25, 0.3) is 0 Å². The maximum Gasteiger partial charge on any atom is 0.331 e. The van der Waals surface area contributed by atoms with E-state index >= 15 is 0 Å². The molecule has 0 aromatic carbocycles. The van der Waals surface area contributed by atoms with Crippen molar-refractivity contribution < 1.29 is 4.79 Å². The van der Waals surface area contributed by atoms with Crippen LogP contribution in [0.5, 0.6) is 0 Å². The van der Waals surface area contributed by atoms with Gasteiger partial charge in [-0.25, -0.2) is 10.6 Å². The Morgan fingerprint density at radius 1 is 1.44 bits per heavy atom. The molecule has 1 rings (SSSR count). The van der Waals surface area contributed by atoms with Crippen LogP contribution >= 0.6 is 0 Å². The molecule has 0 atom stereocenters. The number of hydrogen-bond donors (Lipinski definition) is 2. The Balaban J connectivity index is 2.32. The zero-order chi connectivity index (χ0) is 6.69. The minimum atomic E-state index is -0.160. The highest BCUT2D eigenvalue weighted by Gasteiger charge is 2.15. The van der Waals surface area contributed by atoms with Gasteiger partial charge in [-0.05, 0) is 12.8 Å². The first-order chi connectivity index (χ1) is 4.34. The molecule has 0 bridgehead atoms. The second kappa shape index (κ2) is 2.68. The molecular formula is C5H11N3O. The predicted octanol–water partition coefficient (Wildman–Crippen LogP) is -0.335. The molecule has 1 aliphatic heterocycles. The van der Waals surface area contributed by atoms with E-state index in [4.69, 9.17) is 5.84 Å². The van der Waals surface area contributed by atoms with Crippen molar-refractivity contribution in [3.8, 4) is 0 Å². The molecule has 0 aromatic rings. The number of hydrogen-bond acceptors (Lipinski definition) is 2. The number of nitrogens with two attached hydrogens (primary N) is 1. The second-order valence-corrected chi connectivity index (χ2v) is 2.14. The average molecular weight is 129 g/mol. The first-order valence-electron chi connectivity index (χ1n) is 3.10. The number of nitrogens with one attached hydrogen (secondary N) is 1. The van der Waals surface area contributed by atoms with E-state index in [0.29, 0.717) is 0 Å². The maximum absolute atomic E-state index is 10.7. The van der Waals surface area contributed by atoms with Crippen molar-refractivity contribution in [3.63, 3.8) is 0 Å². The van der Waals surface area contributed by atoms with Crippen LogP contribution in [-0.2, 0) is 0 Å². The zero-order valence-electron chi connectivity index (χ0n) is 5.26. The maximum atomic E-state index is 10.7. The summed E-state index contributed by atoms with van der Waals surface area (Å²) in [6.45, 7) is 1.70. The van der Waals surface area contributed by atoms with E-state index < -0.39 is 0 Å². The number of hydrazine groups is 1. The summed E-state index contributed by atoms with van der Waals surface area (Å²) in [6, 6.07) is -0.160. The topological polar surface area (TPSA) is 58.4 Å². The molecule has 0 aromatic heterocycles. The van der Waals surface area contributed by atoms with Gasteiger partial charge in [-0.1, -0.05) is 0 Å². The van der Waals surface area contributed by atoms with Crippen LogP contribution in [0.4, 0.5) is 4.79 Å². The van der Waals surface area contributed by atoms with Crippen LogP contribution in [0.15, 0.2) is 0 Å². The molecule has 3 N–H and O–H groups in total. The van der Waals surface area contributed by atoms with E-state index in [1.165, 1.54) is 0 Å². The monoisotopic (exact) mass is 129 g/mol. The van der Waals surface area contributed by atoms with Crippen LogP contribution in [0, 0.1) is 0 Å². The van der Waals surface area contributed by atoms with Crippen molar-refractivity contribution in [2.45, 2.75) is 12.8 Å². The number of carbonyl (C=O) groups is 1. The molecule has 4 heteroatoms. The summed E-state index contributed by atoms with van der Waals surface area (Å²) in [6.07, 6.45) is 2.21. The number of carbonyl (C=O) groups excluding carboxylic acids is 1. The van der Waals surface area contributed by atoms with Gasteiger partial charge in [-0.3, -0.25) is 5.43 Å². The summed E-state index contributed by atoms with van der Waals surface area (Å²) in [5.41, 5.74) is 2.09. The van der Waals surface area contributed by atoms with Crippen LogP contribution in [-0.4, -0.2) is 24.0 Å². The van der Waals surface area contributed by atoms with E-state index in [-0.39, 0.29) is 6.03 Å². The number of nitrogens with zero attached hydrogens (tertiary/aromatic N) is 1. The molecule has 0 spiro atoms. The fraction of sp³-hybridized carbons (Fsp3) is 0.800. The van der Waals surface area contributed by atoms with E-state index in [1.807, 2.05) is 0 Å². The summed E-state index contributed by atoms with van der Waals surface area (Å²) < 4.78 is 0. The lowest BCUT2D eigenvalue weighted by Crippen LogP contribution is -2.41. The molecule has 0 unspecified atom stereocenters. The fourth-order valence-corrected chi connectivity index (χ4v) is 1.01. The minimum absolute atomic E-state index is 0.160. The van der Waals surface area contributed by atoms with Crippen molar-refractivity contribution >= 4 is 6.03 Å². The Hall–Kier alpha value is -0.770. The van der Waals surface area contributed by atoms with Crippen LogP contribution < -0.4 is 11.3 Å². The van der Waals surface area contributed by atoms with E-state index in [9.17, 15) is 4.79 Å². The molecule has 0 aliphatic carbocycles. The van der Waals surface area contributed by atoms with Crippen molar-refractivity contribution in [2.24, 2.45) is 5.84 Å². The van der Waals surface area contributed by atoms with Crippen LogP contribution in [0.2, 0.25) is 0 Å². The first-order valence-corrected chi connectivity index (χ1v) is 3.10. The lowest BCUT2D eigenvalue weighted by atomic mass is 10.4. The Labute approximate surface area is 54.0 Å². The second-order valence-electron chi connectivity index (χ2n) is 2.14. The van der Waals surface area contributed by atoms with E-state index in [2.05, 4.69) is 5.43 Å². The Morgan fingerprint density at radius 3 is 2.44 bits per heavy atom. The highest BCUT2D eigenvalue weighted by Crippen LogP contribution is 2.05. The van der Waals surface area contributed by atoms with Crippen LogP contribution in [0.3, 0.4) is 0 Å². The summed E-state index contributed by atoms with van der Waals surface area (Å²) >= 11 is 0. The van der Waals surface area contributed by atoms with Gasteiger partial charge >= 0.3 is 6.03 Å². The molecular weight excluding hydrogens is 118 g/mol. The van der Waals surface area contributed by atoms with Gasteiger partial charge in [0, 0.05) is 13.1 Å². The predicted molar refractivity (Wildman–Crippen MR) is 33.5 cm³/mol. The molecule has 1 heterocycles. The smallest absolute Gasteiger partial charge is 0.324 e. The van der Waals surface area contributed by atoms with Crippen LogP contribution in [0.1, 0.15) is 12.8 Å². The average Bonchev–Trinajstić information content (AvgIpc) is 2.37. The lowest BCUT2D eigenvalue weighted by Gasteiger charge is -2.12. The number of urea groups is 1. The Kier molecular flexibility index (Phi) is 1.89. The molecule has 0 radical (unpaired) electrons. The lowest BCUT2D eigenvalue weighted by molar-refractivity contribution is 0.209. The summed E-state index contributed by atoms with van der Waals surface area (Å²) in [5, 5.41) is 0. The van der Waals surface area contributed by atoms with Gasteiger partial charge in [-0.15, -0.1) is 0 Å². The normalized spacial score (nSPS) is 18.1. The van der Waals surface area contributed by atoms with Gasteiger partial charge in [0.15, 0.2) is 0 Å². The molecule has 1 saturated heterocycles. The quantitative estimate of drug-likeness (QED) is 0.267. The number of rotatable bonds is 0. The SMILES string of the molecule is NNC(=O)N1CCCC1. The van der Waals surface area contributed by atoms with E-state index in [1.54, 1.807) is 4.90 Å². The van der Waals surface area contributed by atoms with Gasteiger partial charge in [0.2, 0.25) is 0 Å². The molecule has 1 fully saturated rings. The highest BCUT2D eigenvalue weighted by molar-refractivity contribution is 5.73. The van der Waals surface area contributed by atoms with E-state index in [0.717, 1.165) is 25.9 Å². The minimum Gasteiger partial charge on any atom is -0.324 e. The summed E-state index contributed by atoms with van der Waals surface area (Å²) in [5.74, 6) is 4.91. The number of amides is 2. The molecule has 0 saturated carbocycles. The highest BCUT2D eigenvalue weighted by atomic mass is 16.2. The molecule has 52 valence electrons. The third kappa shape index (κ3) is 1.32. The van der Waals surface area contributed by atoms with Crippen LogP contribution in [0.25, 0.3) is 0 Å².